The van der Waals surface area contributed by atoms with Crippen molar-refractivity contribution < 1.29 is 9.18 Å². The molecule has 0 aliphatic heterocycles. The molecule has 0 bridgehead atoms. The summed E-state index contributed by atoms with van der Waals surface area (Å²) in [5.74, 6) is -0.785. The van der Waals surface area contributed by atoms with Crippen LogP contribution in [0.1, 0.15) is 18.0 Å². The van der Waals surface area contributed by atoms with Crippen LogP contribution in [0.2, 0.25) is 0 Å². The van der Waals surface area contributed by atoms with Crippen molar-refractivity contribution >= 4 is 5.91 Å². The topological polar surface area (TPSA) is 69.1 Å². The molecule has 0 aliphatic rings. The Morgan fingerprint density at radius 1 is 1.38 bits per heavy atom. The third kappa shape index (κ3) is 2.83. The molecule has 70 valence electrons. The molecule has 0 saturated carbocycles. The summed E-state index contributed by atoms with van der Waals surface area (Å²) in [7, 11) is 0. The second-order valence-corrected chi connectivity index (χ2v) is 2.83. The summed E-state index contributed by atoms with van der Waals surface area (Å²) in [6, 6.07) is 5.25. The Labute approximate surface area is 75.5 Å². The van der Waals surface area contributed by atoms with Gasteiger partial charge in [0.2, 0.25) is 5.91 Å². The molecular weight excluding hydrogens is 171 g/mol. The highest BCUT2D eigenvalue weighted by Gasteiger charge is 2.08. The summed E-state index contributed by atoms with van der Waals surface area (Å²) < 4.78 is 12.5. The maximum absolute atomic E-state index is 12.5. The molecule has 0 heterocycles. The van der Waals surface area contributed by atoms with Gasteiger partial charge in [-0.25, -0.2) is 4.39 Å². The van der Waals surface area contributed by atoms with E-state index in [4.69, 9.17) is 11.5 Å². The summed E-state index contributed by atoms with van der Waals surface area (Å²) in [4.78, 5) is 10.5. The van der Waals surface area contributed by atoms with Gasteiger partial charge in [0.1, 0.15) is 5.82 Å². The molecule has 0 fully saturated rings. The molecule has 1 aromatic carbocycles. The lowest BCUT2D eigenvalue weighted by molar-refractivity contribution is -0.118. The monoisotopic (exact) mass is 182 g/mol. The van der Waals surface area contributed by atoms with Crippen molar-refractivity contribution in [3.63, 3.8) is 0 Å². The molecular formula is C9H11FN2O. The summed E-state index contributed by atoms with van der Waals surface area (Å²) >= 11 is 0. The van der Waals surface area contributed by atoms with Gasteiger partial charge in [0, 0.05) is 12.5 Å². The highest BCUT2D eigenvalue weighted by molar-refractivity contribution is 5.74. The summed E-state index contributed by atoms with van der Waals surface area (Å²) in [6.45, 7) is 0. The maximum Gasteiger partial charge on any atom is 0.219 e. The summed E-state index contributed by atoms with van der Waals surface area (Å²) in [5.41, 5.74) is 11.3. The lowest BCUT2D eigenvalue weighted by atomic mass is 10.0. The van der Waals surface area contributed by atoms with E-state index < -0.39 is 11.9 Å². The second-order valence-electron chi connectivity index (χ2n) is 2.83. The molecule has 0 saturated heterocycles. The molecule has 0 aromatic heterocycles. The number of carbonyl (C=O) groups is 1. The summed E-state index contributed by atoms with van der Waals surface area (Å²) in [6.07, 6.45) is 0.0750. The van der Waals surface area contributed by atoms with Gasteiger partial charge in [-0.05, 0) is 17.7 Å². The molecule has 1 rings (SSSR count). The zero-order chi connectivity index (χ0) is 9.84. The third-order valence-electron chi connectivity index (χ3n) is 1.72. The lowest BCUT2D eigenvalue weighted by Gasteiger charge is -2.08. The molecule has 4 heteroatoms. The minimum atomic E-state index is -0.461. The minimum Gasteiger partial charge on any atom is -0.370 e. The van der Waals surface area contributed by atoms with Crippen molar-refractivity contribution in [2.45, 2.75) is 12.5 Å². The predicted molar refractivity (Wildman–Crippen MR) is 47.1 cm³/mol. The van der Waals surface area contributed by atoms with Crippen molar-refractivity contribution in [3.05, 3.63) is 35.6 Å². The molecule has 1 aromatic rings. The second kappa shape index (κ2) is 4.00. The van der Waals surface area contributed by atoms with Crippen LogP contribution in [0.4, 0.5) is 4.39 Å². The Kier molecular flexibility index (Phi) is 2.97. The van der Waals surface area contributed by atoms with Crippen LogP contribution in [-0.2, 0) is 4.79 Å². The van der Waals surface area contributed by atoms with Gasteiger partial charge >= 0.3 is 0 Å². The number of primary amides is 1. The maximum atomic E-state index is 12.5. The fourth-order valence-electron chi connectivity index (χ4n) is 1.04. The van der Waals surface area contributed by atoms with Gasteiger partial charge in [-0.3, -0.25) is 4.79 Å². The largest absolute Gasteiger partial charge is 0.370 e. The Hall–Kier alpha value is -1.42. The van der Waals surface area contributed by atoms with Crippen LogP contribution in [0, 0.1) is 5.82 Å². The van der Waals surface area contributed by atoms with E-state index >= 15 is 0 Å². The normalized spacial score (nSPS) is 12.5. The molecule has 0 spiro atoms. The van der Waals surface area contributed by atoms with Gasteiger partial charge in [-0.15, -0.1) is 0 Å². The fourth-order valence-corrected chi connectivity index (χ4v) is 1.04. The first-order chi connectivity index (χ1) is 6.09. The number of benzene rings is 1. The van der Waals surface area contributed by atoms with Crippen molar-refractivity contribution in [1.82, 2.24) is 0 Å². The fraction of sp³-hybridized carbons (Fsp3) is 0.222. The quantitative estimate of drug-likeness (QED) is 0.722. The smallest absolute Gasteiger partial charge is 0.219 e. The van der Waals surface area contributed by atoms with Crippen LogP contribution < -0.4 is 11.5 Å². The van der Waals surface area contributed by atoms with Gasteiger partial charge in [-0.2, -0.15) is 0 Å². The van der Waals surface area contributed by atoms with Crippen LogP contribution in [0.3, 0.4) is 0 Å². The molecule has 1 atom stereocenters. The first-order valence-electron chi connectivity index (χ1n) is 3.89. The minimum absolute atomic E-state index is 0.0750. The van der Waals surface area contributed by atoms with E-state index in [0.29, 0.717) is 5.56 Å². The molecule has 1 unspecified atom stereocenters. The number of carbonyl (C=O) groups excluding carboxylic acids is 1. The highest BCUT2D eigenvalue weighted by Crippen LogP contribution is 2.13. The Balaban J connectivity index is 2.71. The average Bonchev–Trinajstić information content (AvgIpc) is 2.04. The van der Waals surface area contributed by atoms with Crippen LogP contribution >= 0.6 is 0 Å². The number of rotatable bonds is 3. The van der Waals surface area contributed by atoms with E-state index in [1.165, 1.54) is 12.1 Å². The van der Waals surface area contributed by atoms with Crippen molar-refractivity contribution in [2.24, 2.45) is 11.5 Å². The van der Waals surface area contributed by atoms with Crippen molar-refractivity contribution in [1.29, 1.82) is 0 Å². The molecule has 13 heavy (non-hydrogen) atoms. The van der Waals surface area contributed by atoms with E-state index in [1.807, 2.05) is 0 Å². The van der Waals surface area contributed by atoms with Gasteiger partial charge < -0.3 is 11.5 Å². The number of hydrogen-bond donors (Lipinski definition) is 2. The van der Waals surface area contributed by atoms with Crippen LogP contribution in [0.15, 0.2) is 24.3 Å². The SMILES string of the molecule is NC(=O)CC(N)c1ccc(F)cc1. The number of nitrogens with two attached hydrogens (primary N) is 2. The Morgan fingerprint density at radius 2 is 1.92 bits per heavy atom. The number of halogens is 1. The van der Waals surface area contributed by atoms with Gasteiger partial charge in [-0.1, -0.05) is 12.1 Å². The molecule has 1 amide bonds. The highest BCUT2D eigenvalue weighted by atomic mass is 19.1. The lowest BCUT2D eigenvalue weighted by Crippen LogP contribution is -2.20. The molecule has 3 nitrogen and oxygen atoms in total. The molecule has 0 radical (unpaired) electrons. The first kappa shape index (κ1) is 9.67. The Bertz CT molecular complexity index is 297. The zero-order valence-corrected chi connectivity index (χ0v) is 7.03. The van der Waals surface area contributed by atoms with Gasteiger partial charge in [0.05, 0.1) is 0 Å². The van der Waals surface area contributed by atoms with Gasteiger partial charge in [0.15, 0.2) is 0 Å². The zero-order valence-electron chi connectivity index (χ0n) is 7.03. The van der Waals surface area contributed by atoms with E-state index in [1.54, 1.807) is 12.1 Å². The third-order valence-corrected chi connectivity index (χ3v) is 1.72. The van der Waals surface area contributed by atoms with E-state index in [-0.39, 0.29) is 12.2 Å². The number of amides is 1. The van der Waals surface area contributed by atoms with Crippen molar-refractivity contribution in [3.8, 4) is 0 Å². The van der Waals surface area contributed by atoms with Crippen LogP contribution in [-0.4, -0.2) is 5.91 Å². The number of hydrogen-bond acceptors (Lipinski definition) is 2. The standard InChI is InChI=1S/C9H11FN2O/c10-7-3-1-6(2-4-7)8(11)5-9(12)13/h1-4,8H,5,11H2,(H2,12,13). The predicted octanol–water partition coefficient (Wildman–Crippen LogP) is 0.701. The van der Waals surface area contributed by atoms with Crippen LogP contribution in [0.25, 0.3) is 0 Å². The Morgan fingerprint density at radius 3 is 2.38 bits per heavy atom. The molecule has 0 aliphatic carbocycles. The van der Waals surface area contributed by atoms with Crippen molar-refractivity contribution in [2.75, 3.05) is 0 Å². The van der Waals surface area contributed by atoms with Gasteiger partial charge in [0.25, 0.3) is 0 Å². The van der Waals surface area contributed by atoms with E-state index in [2.05, 4.69) is 0 Å². The van der Waals surface area contributed by atoms with Crippen LogP contribution in [0.5, 0.6) is 0 Å². The summed E-state index contributed by atoms with van der Waals surface area (Å²) in [5, 5.41) is 0. The van der Waals surface area contributed by atoms with E-state index in [9.17, 15) is 9.18 Å². The van der Waals surface area contributed by atoms with E-state index in [0.717, 1.165) is 0 Å². The average molecular weight is 182 g/mol. The molecule has 4 N–H and O–H groups in total. The first-order valence-corrected chi connectivity index (χ1v) is 3.89.